The molecular weight excluding hydrogens is 262 g/mol. The van der Waals surface area contributed by atoms with E-state index in [1.807, 2.05) is 23.7 Å². The van der Waals surface area contributed by atoms with Crippen molar-refractivity contribution in [3.05, 3.63) is 42.2 Å². The second-order valence-electron chi connectivity index (χ2n) is 5.73. The first-order valence-corrected chi connectivity index (χ1v) is 7.51. The third kappa shape index (κ3) is 2.58. The first-order chi connectivity index (χ1) is 10.2. The number of hydrogen-bond donors (Lipinski definition) is 0. The summed E-state index contributed by atoms with van der Waals surface area (Å²) in [6, 6.07) is 8.70. The Balaban J connectivity index is 1.83. The van der Waals surface area contributed by atoms with Crippen molar-refractivity contribution in [3.8, 4) is 0 Å². The number of carbonyl (C=O) groups is 1. The minimum Gasteiger partial charge on any atom is -0.364 e. The maximum atomic E-state index is 10.9. The molecular formula is C17H21N3O. The standard InChI is InChI=1S/C17H21N3O/c1-13(19(10-11-21)15-6-5-7-15)12-20-17-9-4-3-8-16(17)14(2)18-20/h3-4,8-9,11,15H,1,5-7,10,12H2,2H3. The van der Waals surface area contributed by atoms with Crippen LogP contribution in [0.1, 0.15) is 25.0 Å². The van der Waals surface area contributed by atoms with Crippen LogP contribution in [0.15, 0.2) is 36.5 Å². The molecule has 0 atom stereocenters. The second kappa shape index (κ2) is 5.72. The third-order valence-corrected chi connectivity index (χ3v) is 4.37. The van der Waals surface area contributed by atoms with Crippen LogP contribution in [0.25, 0.3) is 10.9 Å². The van der Waals surface area contributed by atoms with Crippen LogP contribution in [-0.4, -0.2) is 33.6 Å². The van der Waals surface area contributed by atoms with Crippen LogP contribution in [0, 0.1) is 6.92 Å². The quantitative estimate of drug-likeness (QED) is 0.765. The van der Waals surface area contributed by atoms with Gasteiger partial charge in [0.25, 0.3) is 0 Å². The van der Waals surface area contributed by atoms with Crippen molar-refractivity contribution in [2.45, 2.75) is 38.8 Å². The van der Waals surface area contributed by atoms with Gasteiger partial charge in [-0.2, -0.15) is 5.10 Å². The van der Waals surface area contributed by atoms with E-state index in [4.69, 9.17) is 0 Å². The van der Waals surface area contributed by atoms with E-state index < -0.39 is 0 Å². The Labute approximate surface area is 125 Å². The van der Waals surface area contributed by atoms with Crippen LogP contribution in [0.3, 0.4) is 0 Å². The smallest absolute Gasteiger partial charge is 0.139 e. The van der Waals surface area contributed by atoms with Gasteiger partial charge in [-0.15, -0.1) is 0 Å². The Bertz CT molecular complexity index is 670. The number of benzene rings is 1. The number of aromatic nitrogens is 2. The molecule has 1 fully saturated rings. The van der Waals surface area contributed by atoms with Gasteiger partial charge in [0.2, 0.25) is 0 Å². The molecule has 2 aromatic rings. The lowest BCUT2D eigenvalue weighted by Gasteiger charge is -2.39. The first kappa shape index (κ1) is 13.9. The van der Waals surface area contributed by atoms with Crippen molar-refractivity contribution in [1.82, 2.24) is 14.7 Å². The van der Waals surface area contributed by atoms with Gasteiger partial charge >= 0.3 is 0 Å². The fourth-order valence-corrected chi connectivity index (χ4v) is 2.99. The molecule has 0 bridgehead atoms. The molecule has 4 nitrogen and oxygen atoms in total. The lowest BCUT2D eigenvalue weighted by molar-refractivity contribution is -0.109. The number of aldehydes is 1. The van der Waals surface area contributed by atoms with E-state index in [1.54, 1.807) is 0 Å². The molecule has 0 unspecified atom stereocenters. The van der Waals surface area contributed by atoms with E-state index in [-0.39, 0.29) is 0 Å². The molecule has 0 amide bonds. The van der Waals surface area contributed by atoms with Gasteiger partial charge in [0.1, 0.15) is 6.29 Å². The summed E-state index contributed by atoms with van der Waals surface area (Å²) in [5.74, 6) is 0. The number of nitrogens with zero attached hydrogens (tertiary/aromatic N) is 3. The van der Waals surface area contributed by atoms with Crippen molar-refractivity contribution in [1.29, 1.82) is 0 Å². The van der Waals surface area contributed by atoms with E-state index in [0.717, 1.165) is 36.0 Å². The minimum absolute atomic E-state index is 0.432. The molecule has 4 heteroatoms. The highest BCUT2D eigenvalue weighted by Crippen LogP contribution is 2.28. The molecule has 1 aliphatic carbocycles. The summed E-state index contributed by atoms with van der Waals surface area (Å²) in [5.41, 5.74) is 3.12. The molecule has 0 saturated heterocycles. The van der Waals surface area contributed by atoms with Crippen LogP contribution in [0.2, 0.25) is 0 Å². The summed E-state index contributed by atoms with van der Waals surface area (Å²) >= 11 is 0. The maximum absolute atomic E-state index is 10.9. The van der Waals surface area contributed by atoms with Crippen molar-refractivity contribution >= 4 is 17.2 Å². The zero-order valence-electron chi connectivity index (χ0n) is 12.5. The Hall–Kier alpha value is -2.10. The summed E-state index contributed by atoms with van der Waals surface area (Å²) in [6.45, 7) is 7.29. The Morgan fingerprint density at radius 1 is 1.48 bits per heavy atom. The minimum atomic E-state index is 0.432. The summed E-state index contributed by atoms with van der Waals surface area (Å²) in [6.07, 6.45) is 4.53. The molecule has 1 aliphatic rings. The van der Waals surface area contributed by atoms with Crippen LogP contribution < -0.4 is 0 Å². The van der Waals surface area contributed by atoms with Gasteiger partial charge in [0, 0.05) is 17.1 Å². The highest BCUT2D eigenvalue weighted by Gasteiger charge is 2.25. The van der Waals surface area contributed by atoms with Crippen molar-refractivity contribution in [3.63, 3.8) is 0 Å². The number of allylic oxidation sites excluding steroid dienone is 1. The topological polar surface area (TPSA) is 38.1 Å². The predicted molar refractivity (Wildman–Crippen MR) is 84.0 cm³/mol. The number of rotatable bonds is 6. The summed E-state index contributed by atoms with van der Waals surface area (Å²) in [5, 5.41) is 5.79. The van der Waals surface area contributed by atoms with E-state index in [1.165, 1.54) is 11.8 Å². The first-order valence-electron chi connectivity index (χ1n) is 7.51. The highest BCUT2D eigenvalue weighted by atomic mass is 16.1. The van der Waals surface area contributed by atoms with Gasteiger partial charge in [0.05, 0.1) is 24.3 Å². The predicted octanol–water partition coefficient (Wildman–Crippen LogP) is 2.91. The van der Waals surface area contributed by atoms with Gasteiger partial charge in [0.15, 0.2) is 0 Å². The molecule has 0 aliphatic heterocycles. The largest absolute Gasteiger partial charge is 0.364 e. The number of fused-ring (bicyclic) bond motifs is 1. The Morgan fingerprint density at radius 2 is 2.24 bits per heavy atom. The fraction of sp³-hybridized carbons (Fsp3) is 0.412. The van der Waals surface area contributed by atoms with E-state index in [9.17, 15) is 4.79 Å². The lowest BCUT2D eigenvalue weighted by Crippen LogP contribution is -2.41. The summed E-state index contributed by atoms with van der Waals surface area (Å²) in [4.78, 5) is 13.1. The van der Waals surface area contributed by atoms with Gasteiger partial charge in [-0.25, -0.2) is 0 Å². The molecule has 110 valence electrons. The van der Waals surface area contributed by atoms with Crippen LogP contribution in [0.4, 0.5) is 0 Å². The number of hydrogen-bond acceptors (Lipinski definition) is 3. The molecule has 0 N–H and O–H groups in total. The molecule has 1 saturated carbocycles. The fourth-order valence-electron chi connectivity index (χ4n) is 2.99. The van der Waals surface area contributed by atoms with E-state index >= 15 is 0 Å². The molecule has 0 spiro atoms. The molecule has 1 aromatic carbocycles. The highest BCUT2D eigenvalue weighted by molar-refractivity contribution is 5.81. The van der Waals surface area contributed by atoms with Gasteiger partial charge < -0.3 is 9.69 Å². The normalized spacial score (nSPS) is 14.9. The maximum Gasteiger partial charge on any atom is 0.139 e. The summed E-state index contributed by atoms with van der Waals surface area (Å²) < 4.78 is 1.99. The zero-order valence-corrected chi connectivity index (χ0v) is 12.5. The average Bonchev–Trinajstić information content (AvgIpc) is 2.74. The molecule has 0 radical (unpaired) electrons. The van der Waals surface area contributed by atoms with Crippen molar-refractivity contribution in [2.24, 2.45) is 0 Å². The average molecular weight is 283 g/mol. The Morgan fingerprint density at radius 3 is 2.90 bits per heavy atom. The van der Waals surface area contributed by atoms with Crippen molar-refractivity contribution < 1.29 is 4.79 Å². The van der Waals surface area contributed by atoms with Gasteiger partial charge in [-0.05, 0) is 32.3 Å². The van der Waals surface area contributed by atoms with Crippen LogP contribution in [0.5, 0.6) is 0 Å². The molecule has 1 aromatic heterocycles. The van der Waals surface area contributed by atoms with E-state index in [2.05, 4.69) is 28.7 Å². The molecule has 1 heterocycles. The monoisotopic (exact) mass is 283 g/mol. The SMILES string of the molecule is C=C(Cn1nc(C)c2ccccc21)N(CC=O)C1CCC1. The third-order valence-electron chi connectivity index (χ3n) is 4.37. The second-order valence-corrected chi connectivity index (χ2v) is 5.73. The van der Waals surface area contributed by atoms with Gasteiger partial charge in [-0.1, -0.05) is 24.8 Å². The molecule has 3 rings (SSSR count). The lowest BCUT2D eigenvalue weighted by atomic mass is 9.91. The number of carbonyl (C=O) groups excluding carboxylic acids is 1. The zero-order chi connectivity index (χ0) is 14.8. The molecule has 21 heavy (non-hydrogen) atoms. The number of para-hydroxylation sites is 1. The van der Waals surface area contributed by atoms with Crippen LogP contribution >= 0.6 is 0 Å². The van der Waals surface area contributed by atoms with Crippen molar-refractivity contribution in [2.75, 3.05) is 6.54 Å². The van der Waals surface area contributed by atoms with Gasteiger partial charge in [-0.3, -0.25) is 4.68 Å². The summed E-state index contributed by atoms with van der Waals surface area (Å²) in [7, 11) is 0. The number of aryl methyl sites for hydroxylation is 1. The van der Waals surface area contributed by atoms with E-state index in [0.29, 0.717) is 19.1 Å². The van der Waals surface area contributed by atoms with Crippen LogP contribution in [-0.2, 0) is 11.3 Å². The Kier molecular flexibility index (Phi) is 3.78.